The van der Waals surface area contributed by atoms with Crippen molar-refractivity contribution in [1.82, 2.24) is 15.0 Å². The highest BCUT2D eigenvalue weighted by molar-refractivity contribution is 5.95. The fourth-order valence-corrected chi connectivity index (χ4v) is 2.38. The van der Waals surface area contributed by atoms with E-state index in [-0.39, 0.29) is 0 Å². The number of nitrogens with two attached hydrogens (primary N) is 1. The smallest absolute Gasteiger partial charge is 0.241 e. The van der Waals surface area contributed by atoms with Crippen LogP contribution in [0.25, 0.3) is 28.2 Å². The first kappa shape index (κ1) is 16.7. The summed E-state index contributed by atoms with van der Waals surface area (Å²) >= 11 is 0. The third kappa shape index (κ3) is 4.03. The molecule has 3 N–H and O–H groups in total. The summed E-state index contributed by atoms with van der Waals surface area (Å²) in [5.41, 5.74) is 8.64. The van der Waals surface area contributed by atoms with Crippen LogP contribution in [0.15, 0.2) is 42.9 Å². The van der Waals surface area contributed by atoms with Gasteiger partial charge in [0, 0.05) is 52.8 Å². The predicted octanol–water partition coefficient (Wildman–Crippen LogP) is 3.16. The number of hydrogen-bond donors (Lipinski definition) is 2. The van der Waals surface area contributed by atoms with Crippen LogP contribution in [0, 0.1) is 5.92 Å². The molecule has 0 saturated carbocycles. The number of pyridine rings is 2. The van der Waals surface area contributed by atoms with Gasteiger partial charge < -0.3 is 15.5 Å². The normalized spacial score (nSPS) is 11.5. The number of carbonyl (C=O) groups is 1. The zero-order valence-corrected chi connectivity index (χ0v) is 14.2. The van der Waals surface area contributed by atoms with Gasteiger partial charge in [0.15, 0.2) is 0 Å². The van der Waals surface area contributed by atoms with Crippen molar-refractivity contribution in [2.45, 2.75) is 13.8 Å². The summed E-state index contributed by atoms with van der Waals surface area (Å²) in [6.45, 7) is 4.82. The lowest BCUT2D eigenvalue weighted by atomic mass is 10.1. The van der Waals surface area contributed by atoms with E-state index in [2.05, 4.69) is 28.8 Å². The van der Waals surface area contributed by atoms with Crippen molar-refractivity contribution < 1.29 is 9.53 Å². The standard InChI is InChI=1S/C19H20N4O2/c1-12(2)11-25-18-6-4-13(8-21-18)15-7-16-14(3-5-17(20)24)9-22-19(16)23-10-15/h3-10,12H,11H2,1-2H3,(H2,20,24)(H,22,23)/b5-3+. The van der Waals surface area contributed by atoms with Gasteiger partial charge >= 0.3 is 0 Å². The number of H-pyrrole nitrogens is 1. The van der Waals surface area contributed by atoms with Crippen molar-refractivity contribution in [3.05, 3.63) is 48.4 Å². The van der Waals surface area contributed by atoms with Gasteiger partial charge in [-0.2, -0.15) is 0 Å². The maximum absolute atomic E-state index is 10.9. The van der Waals surface area contributed by atoms with Crippen LogP contribution < -0.4 is 10.5 Å². The van der Waals surface area contributed by atoms with Gasteiger partial charge in [-0.25, -0.2) is 9.97 Å². The number of nitrogens with one attached hydrogen (secondary N) is 1. The van der Waals surface area contributed by atoms with E-state index in [0.717, 1.165) is 27.7 Å². The Kier molecular flexibility index (Phi) is 4.79. The largest absolute Gasteiger partial charge is 0.477 e. The van der Waals surface area contributed by atoms with Gasteiger partial charge in [0.1, 0.15) is 5.65 Å². The highest BCUT2D eigenvalue weighted by atomic mass is 16.5. The molecule has 0 radical (unpaired) electrons. The molecule has 25 heavy (non-hydrogen) atoms. The summed E-state index contributed by atoms with van der Waals surface area (Å²) in [6, 6.07) is 5.81. The Morgan fingerprint density at radius 1 is 1.28 bits per heavy atom. The molecule has 0 fully saturated rings. The van der Waals surface area contributed by atoms with Gasteiger partial charge in [0.2, 0.25) is 11.8 Å². The Balaban J connectivity index is 1.88. The monoisotopic (exact) mass is 336 g/mol. The summed E-state index contributed by atoms with van der Waals surface area (Å²) in [4.78, 5) is 22.8. The molecule has 0 aliphatic carbocycles. The molecule has 128 valence electrons. The average molecular weight is 336 g/mol. The lowest BCUT2D eigenvalue weighted by Crippen LogP contribution is -2.05. The maximum Gasteiger partial charge on any atom is 0.241 e. The van der Waals surface area contributed by atoms with Crippen LogP contribution in [0.5, 0.6) is 5.88 Å². The average Bonchev–Trinajstić information content (AvgIpc) is 3.01. The van der Waals surface area contributed by atoms with Crippen molar-refractivity contribution >= 4 is 23.0 Å². The van der Waals surface area contributed by atoms with Crippen LogP contribution in [-0.2, 0) is 4.79 Å². The number of nitrogens with zero attached hydrogens (tertiary/aromatic N) is 2. The van der Waals surface area contributed by atoms with E-state index < -0.39 is 5.91 Å². The molecule has 0 aromatic carbocycles. The number of fused-ring (bicyclic) bond motifs is 1. The second-order valence-corrected chi connectivity index (χ2v) is 6.19. The summed E-state index contributed by atoms with van der Waals surface area (Å²) in [7, 11) is 0. The van der Waals surface area contributed by atoms with Crippen LogP contribution in [0.3, 0.4) is 0 Å². The number of rotatable bonds is 6. The van der Waals surface area contributed by atoms with E-state index in [9.17, 15) is 4.79 Å². The third-order valence-corrected chi connectivity index (χ3v) is 3.62. The Labute approximate surface area is 145 Å². The van der Waals surface area contributed by atoms with E-state index in [4.69, 9.17) is 10.5 Å². The van der Waals surface area contributed by atoms with Crippen LogP contribution in [-0.4, -0.2) is 27.5 Å². The molecule has 3 aromatic rings. The summed E-state index contributed by atoms with van der Waals surface area (Å²) < 4.78 is 5.60. The fraction of sp³-hybridized carbons (Fsp3) is 0.211. The summed E-state index contributed by atoms with van der Waals surface area (Å²) in [6.07, 6.45) is 8.35. The van der Waals surface area contributed by atoms with Crippen LogP contribution >= 0.6 is 0 Å². The number of primary amides is 1. The molecule has 0 aliphatic heterocycles. The van der Waals surface area contributed by atoms with Crippen molar-refractivity contribution in [3.8, 4) is 17.0 Å². The van der Waals surface area contributed by atoms with E-state index >= 15 is 0 Å². The molecule has 3 rings (SSSR count). The summed E-state index contributed by atoms with van der Waals surface area (Å²) in [5, 5.41) is 0.912. The minimum atomic E-state index is -0.486. The van der Waals surface area contributed by atoms with Crippen LogP contribution in [0.2, 0.25) is 0 Å². The minimum absolute atomic E-state index is 0.452. The van der Waals surface area contributed by atoms with Crippen molar-refractivity contribution in [3.63, 3.8) is 0 Å². The number of aromatic amines is 1. The molecule has 0 saturated heterocycles. The topological polar surface area (TPSA) is 93.9 Å². The molecule has 6 heteroatoms. The van der Waals surface area contributed by atoms with Gasteiger partial charge in [-0.1, -0.05) is 13.8 Å². The maximum atomic E-state index is 10.9. The van der Waals surface area contributed by atoms with Gasteiger partial charge in [-0.15, -0.1) is 0 Å². The predicted molar refractivity (Wildman–Crippen MR) is 97.9 cm³/mol. The van der Waals surface area contributed by atoms with E-state index in [1.807, 2.05) is 18.2 Å². The Morgan fingerprint density at radius 2 is 2.08 bits per heavy atom. The van der Waals surface area contributed by atoms with Gasteiger partial charge in [0.25, 0.3) is 0 Å². The molecule has 0 atom stereocenters. The lowest BCUT2D eigenvalue weighted by molar-refractivity contribution is -0.113. The molecule has 1 amide bonds. The van der Waals surface area contributed by atoms with E-state index in [1.165, 1.54) is 6.08 Å². The minimum Gasteiger partial charge on any atom is -0.477 e. The van der Waals surface area contributed by atoms with E-state index in [0.29, 0.717) is 18.4 Å². The SMILES string of the molecule is CC(C)COc1ccc(-c2cnc3[nH]cc(/C=C/C(N)=O)c3c2)cn1. The molecule has 0 spiro atoms. The first-order chi connectivity index (χ1) is 12.0. The number of hydrogen-bond acceptors (Lipinski definition) is 4. The molecule has 6 nitrogen and oxygen atoms in total. The number of carbonyl (C=O) groups excluding carboxylic acids is 1. The molecule has 0 aliphatic rings. The molecule has 3 aromatic heterocycles. The van der Waals surface area contributed by atoms with Gasteiger partial charge in [0.05, 0.1) is 6.61 Å². The second-order valence-electron chi connectivity index (χ2n) is 6.19. The van der Waals surface area contributed by atoms with Crippen molar-refractivity contribution in [2.75, 3.05) is 6.61 Å². The highest BCUT2D eigenvalue weighted by Gasteiger charge is 2.07. The quantitative estimate of drug-likeness (QED) is 0.676. The van der Waals surface area contributed by atoms with Crippen molar-refractivity contribution in [1.29, 1.82) is 0 Å². The number of aromatic nitrogens is 3. The number of ether oxygens (including phenoxy) is 1. The van der Waals surface area contributed by atoms with Gasteiger partial charge in [-0.05, 0) is 24.1 Å². The lowest BCUT2D eigenvalue weighted by Gasteiger charge is -2.08. The highest BCUT2D eigenvalue weighted by Crippen LogP contribution is 2.26. The molecule has 0 bridgehead atoms. The zero-order chi connectivity index (χ0) is 17.8. The van der Waals surface area contributed by atoms with E-state index in [1.54, 1.807) is 24.7 Å². The number of amides is 1. The second kappa shape index (κ2) is 7.17. The molecule has 0 unspecified atom stereocenters. The third-order valence-electron chi connectivity index (χ3n) is 3.62. The molecular weight excluding hydrogens is 316 g/mol. The first-order valence-electron chi connectivity index (χ1n) is 8.07. The Hall–Kier alpha value is -3.15. The zero-order valence-electron chi connectivity index (χ0n) is 14.2. The molecule has 3 heterocycles. The first-order valence-corrected chi connectivity index (χ1v) is 8.07. The Morgan fingerprint density at radius 3 is 2.76 bits per heavy atom. The summed E-state index contributed by atoms with van der Waals surface area (Å²) in [5.74, 6) is 0.575. The molecular formula is C19H20N4O2. The van der Waals surface area contributed by atoms with Crippen LogP contribution in [0.1, 0.15) is 19.4 Å². The van der Waals surface area contributed by atoms with Crippen LogP contribution in [0.4, 0.5) is 0 Å². The Bertz CT molecular complexity index is 911. The fourth-order valence-electron chi connectivity index (χ4n) is 2.38. The van der Waals surface area contributed by atoms with Crippen molar-refractivity contribution in [2.24, 2.45) is 11.7 Å². The van der Waals surface area contributed by atoms with Gasteiger partial charge in [-0.3, -0.25) is 4.79 Å².